The Kier molecular flexibility index (Phi) is 7.42. The Balaban J connectivity index is 1.41. The van der Waals surface area contributed by atoms with E-state index in [9.17, 15) is 9.59 Å². The number of nitrogens with zero attached hydrogens (tertiary/aromatic N) is 3. The van der Waals surface area contributed by atoms with E-state index in [2.05, 4.69) is 5.32 Å². The monoisotopic (exact) mass is 585 g/mol. The summed E-state index contributed by atoms with van der Waals surface area (Å²) >= 11 is 1.42. The molecule has 3 aromatic heterocycles. The van der Waals surface area contributed by atoms with E-state index in [1.54, 1.807) is 14.2 Å². The summed E-state index contributed by atoms with van der Waals surface area (Å²) in [6.07, 6.45) is 4.28. The molecule has 216 valence electrons. The summed E-state index contributed by atoms with van der Waals surface area (Å²) in [5.74, 6) is 0.618. The van der Waals surface area contributed by atoms with Gasteiger partial charge in [-0.05, 0) is 67.5 Å². The Bertz CT molecular complexity index is 1840. The SMILES string of the molecule is COC(=O)c1c(NC(=O)c2c(N)n(CCc3ccc(OC)c(OC)c3)c3nc4ccccc4nc23)sc2c1CCCC2. The molecule has 0 aliphatic heterocycles. The Labute approximate surface area is 246 Å². The predicted molar refractivity (Wildman–Crippen MR) is 163 cm³/mol. The molecule has 3 N–H and O–H groups in total. The van der Waals surface area contributed by atoms with Gasteiger partial charge in [0.15, 0.2) is 17.1 Å². The van der Waals surface area contributed by atoms with E-state index < -0.39 is 11.9 Å². The molecule has 0 unspecified atom stereocenters. The van der Waals surface area contributed by atoms with Crippen molar-refractivity contribution in [3.05, 3.63) is 69.6 Å². The van der Waals surface area contributed by atoms with Crippen LogP contribution in [0.3, 0.4) is 0 Å². The molecule has 0 saturated carbocycles. The number of nitrogens with one attached hydrogen (secondary N) is 1. The maximum absolute atomic E-state index is 14.0. The minimum atomic E-state index is -0.458. The number of nitrogen functional groups attached to an aromatic ring is 1. The zero-order valence-electron chi connectivity index (χ0n) is 23.7. The number of anilines is 2. The number of hydrogen-bond acceptors (Lipinski definition) is 9. The average Bonchev–Trinajstić information content (AvgIpc) is 3.51. The molecule has 1 aliphatic carbocycles. The van der Waals surface area contributed by atoms with Crippen molar-refractivity contribution in [2.75, 3.05) is 32.4 Å². The summed E-state index contributed by atoms with van der Waals surface area (Å²) in [5, 5.41) is 3.45. The van der Waals surface area contributed by atoms with Crippen LogP contribution < -0.4 is 20.5 Å². The molecule has 0 spiro atoms. The van der Waals surface area contributed by atoms with E-state index >= 15 is 0 Å². The number of amides is 1. The number of nitrogens with two attached hydrogens (primary N) is 1. The van der Waals surface area contributed by atoms with Gasteiger partial charge in [0.1, 0.15) is 21.9 Å². The molecule has 0 bridgehead atoms. The number of ether oxygens (including phenoxy) is 3. The van der Waals surface area contributed by atoms with Crippen LogP contribution in [-0.2, 0) is 30.5 Å². The fourth-order valence-corrected chi connectivity index (χ4v) is 6.85. The van der Waals surface area contributed by atoms with Crippen molar-refractivity contribution in [2.45, 2.75) is 38.6 Å². The summed E-state index contributed by atoms with van der Waals surface area (Å²) in [4.78, 5) is 37.5. The van der Waals surface area contributed by atoms with Gasteiger partial charge in [-0.3, -0.25) is 4.79 Å². The molecule has 6 rings (SSSR count). The summed E-state index contributed by atoms with van der Waals surface area (Å²) in [6, 6.07) is 13.2. The number of hydrogen-bond donors (Lipinski definition) is 2. The van der Waals surface area contributed by atoms with Crippen LogP contribution in [0.1, 0.15) is 49.6 Å². The van der Waals surface area contributed by atoms with E-state index in [4.69, 9.17) is 29.9 Å². The van der Waals surface area contributed by atoms with Crippen molar-refractivity contribution in [1.82, 2.24) is 14.5 Å². The summed E-state index contributed by atoms with van der Waals surface area (Å²) in [5.41, 5.74) is 11.6. The van der Waals surface area contributed by atoms with E-state index in [-0.39, 0.29) is 11.4 Å². The molecule has 5 aromatic rings. The van der Waals surface area contributed by atoms with Gasteiger partial charge in [-0.1, -0.05) is 18.2 Å². The third-order valence-electron chi connectivity index (χ3n) is 7.68. The standard InChI is InChI=1S/C31H31N5O5S/c1-39-21-13-12-17(16-22(21)40-2)14-15-36-27(32)25(26-28(36)34-20-10-6-5-9-19(20)33-26)29(37)35-30-24(31(38)41-3)18-8-4-7-11-23(18)42-30/h5-6,9-10,12-13,16H,4,7-8,11,14-15,32H2,1-3H3,(H,35,37). The van der Waals surface area contributed by atoms with E-state index in [0.717, 1.165) is 41.7 Å². The summed E-state index contributed by atoms with van der Waals surface area (Å²) < 4.78 is 17.7. The lowest BCUT2D eigenvalue weighted by Crippen LogP contribution is -2.17. The lowest BCUT2D eigenvalue weighted by atomic mass is 9.95. The summed E-state index contributed by atoms with van der Waals surface area (Å²) in [7, 11) is 4.55. The number of benzene rings is 2. The van der Waals surface area contributed by atoms with Crippen LogP contribution in [0.15, 0.2) is 42.5 Å². The highest BCUT2D eigenvalue weighted by atomic mass is 32.1. The first-order valence-electron chi connectivity index (χ1n) is 13.7. The number of rotatable bonds is 8. The highest BCUT2D eigenvalue weighted by molar-refractivity contribution is 7.17. The molecule has 42 heavy (non-hydrogen) atoms. The third kappa shape index (κ3) is 4.79. The van der Waals surface area contributed by atoms with Gasteiger partial charge in [0, 0.05) is 11.4 Å². The highest BCUT2D eigenvalue weighted by Crippen LogP contribution is 2.39. The van der Waals surface area contributed by atoms with Crippen LogP contribution in [0.2, 0.25) is 0 Å². The van der Waals surface area contributed by atoms with Crippen molar-refractivity contribution in [3.8, 4) is 11.5 Å². The molecule has 0 atom stereocenters. The normalized spacial score (nSPS) is 12.7. The molecular formula is C31H31N5O5S. The Morgan fingerprint density at radius 2 is 1.71 bits per heavy atom. The average molecular weight is 586 g/mol. The predicted octanol–water partition coefficient (Wildman–Crippen LogP) is 5.41. The van der Waals surface area contributed by atoms with Crippen LogP contribution in [0.5, 0.6) is 11.5 Å². The van der Waals surface area contributed by atoms with Gasteiger partial charge in [0.2, 0.25) is 0 Å². The van der Waals surface area contributed by atoms with Crippen LogP contribution in [0.4, 0.5) is 10.8 Å². The van der Waals surface area contributed by atoms with Gasteiger partial charge >= 0.3 is 5.97 Å². The largest absolute Gasteiger partial charge is 0.493 e. The van der Waals surface area contributed by atoms with Crippen molar-refractivity contribution in [3.63, 3.8) is 0 Å². The Hall–Kier alpha value is -4.64. The number of para-hydroxylation sites is 2. The van der Waals surface area contributed by atoms with E-state index in [0.29, 0.717) is 57.2 Å². The first kappa shape index (κ1) is 27.5. The van der Waals surface area contributed by atoms with Gasteiger partial charge in [0.05, 0.1) is 37.9 Å². The molecule has 0 saturated heterocycles. The topological polar surface area (TPSA) is 131 Å². The molecule has 0 radical (unpaired) electrons. The van der Waals surface area contributed by atoms with Gasteiger partial charge < -0.3 is 29.8 Å². The second kappa shape index (κ2) is 11.3. The number of aryl methyl sites for hydroxylation is 3. The number of thiophene rings is 1. The molecule has 2 aromatic carbocycles. The van der Waals surface area contributed by atoms with Crippen LogP contribution in [-0.4, -0.2) is 47.7 Å². The van der Waals surface area contributed by atoms with Gasteiger partial charge in [0.25, 0.3) is 5.91 Å². The zero-order chi connectivity index (χ0) is 29.4. The fraction of sp³-hybridized carbons (Fsp3) is 0.290. The molecule has 1 aliphatic rings. The van der Waals surface area contributed by atoms with Crippen molar-refractivity contribution >= 4 is 56.2 Å². The molecule has 0 fully saturated rings. The van der Waals surface area contributed by atoms with Crippen LogP contribution >= 0.6 is 11.3 Å². The number of aromatic nitrogens is 3. The summed E-state index contributed by atoms with van der Waals surface area (Å²) in [6.45, 7) is 0.443. The van der Waals surface area contributed by atoms with Crippen molar-refractivity contribution in [2.24, 2.45) is 0 Å². The number of methoxy groups -OCH3 is 3. The van der Waals surface area contributed by atoms with Crippen molar-refractivity contribution < 1.29 is 23.8 Å². The minimum absolute atomic E-state index is 0.220. The Morgan fingerprint density at radius 3 is 2.45 bits per heavy atom. The second-order valence-corrected chi connectivity index (χ2v) is 11.2. The zero-order valence-corrected chi connectivity index (χ0v) is 24.5. The number of fused-ring (bicyclic) bond motifs is 3. The highest BCUT2D eigenvalue weighted by Gasteiger charge is 2.30. The smallest absolute Gasteiger partial charge is 0.341 e. The quantitative estimate of drug-likeness (QED) is 0.231. The molecule has 10 nitrogen and oxygen atoms in total. The molecule has 1 amide bonds. The maximum atomic E-state index is 14.0. The molecule has 11 heteroatoms. The van der Waals surface area contributed by atoms with Crippen LogP contribution in [0, 0.1) is 0 Å². The first-order valence-corrected chi connectivity index (χ1v) is 14.5. The van der Waals surface area contributed by atoms with Gasteiger partial charge in [-0.2, -0.15) is 0 Å². The second-order valence-electron chi connectivity index (χ2n) is 10.1. The lowest BCUT2D eigenvalue weighted by Gasteiger charge is -2.12. The fourth-order valence-electron chi connectivity index (χ4n) is 5.58. The van der Waals surface area contributed by atoms with Gasteiger partial charge in [-0.25, -0.2) is 14.8 Å². The number of carbonyl (C=O) groups is 2. The lowest BCUT2D eigenvalue weighted by molar-refractivity contribution is 0.0601. The van der Waals surface area contributed by atoms with Gasteiger partial charge in [-0.15, -0.1) is 11.3 Å². The molecular weight excluding hydrogens is 554 g/mol. The number of esters is 1. The van der Waals surface area contributed by atoms with Crippen molar-refractivity contribution in [1.29, 1.82) is 0 Å². The van der Waals surface area contributed by atoms with Crippen LogP contribution in [0.25, 0.3) is 22.2 Å². The number of carbonyl (C=O) groups excluding carboxylic acids is 2. The Morgan fingerprint density at radius 1 is 0.976 bits per heavy atom. The van der Waals surface area contributed by atoms with E-state index in [1.807, 2.05) is 47.0 Å². The van der Waals surface area contributed by atoms with E-state index in [1.165, 1.54) is 18.4 Å². The molecule has 3 heterocycles. The first-order chi connectivity index (χ1) is 20.4. The maximum Gasteiger partial charge on any atom is 0.341 e. The third-order valence-corrected chi connectivity index (χ3v) is 8.89. The minimum Gasteiger partial charge on any atom is -0.493 e.